The maximum Gasteiger partial charge on any atom is 0.0550 e. The molecule has 0 radical (unpaired) electrons. The SMILES string of the molecule is CCC(CO)C1(C(C)C)COC1. The highest BCUT2D eigenvalue weighted by Gasteiger charge is 2.46. The molecule has 1 saturated heterocycles. The molecule has 1 aliphatic rings. The first-order chi connectivity index (χ1) is 5.67. The van der Waals surface area contributed by atoms with E-state index >= 15 is 0 Å². The Labute approximate surface area is 74.9 Å². The number of ether oxygens (including phenoxy) is 1. The van der Waals surface area contributed by atoms with Gasteiger partial charge in [0.05, 0.1) is 13.2 Å². The molecule has 0 aromatic carbocycles. The van der Waals surface area contributed by atoms with E-state index in [-0.39, 0.29) is 5.41 Å². The minimum Gasteiger partial charge on any atom is -0.396 e. The number of aliphatic hydroxyl groups excluding tert-OH is 1. The van der Waals surface area contributed by atoms with Crippen molar-refractivity contribution in [2.75, 3.05) is 19.8 Å². The molecule has 0 bridgehead atoms. The first-order valence-corrected chi connectivity index (χ1v) is 4.86. The molecule has 0 aromatic rings. The van der Waals surface area contributed by atoms with Crippen molar-refractivity contribution in [2.24, 2.45) is 17.3 Å². The van der Waals surface area contributed by atoms with Gasteiger partial charge in [0.2, 0.25) is 0 Å². The Balaban J connectivity index is 2.64. The van der Waals surface area contributed by atoms with E-state index in [2.05, 4.69) is 20.8 Å². The standard InChI is InChI=1S/C10H20O2/c1-4-9(5-11)10(8(2)3)6-12-7-10/h8-9,11H,4-7H2,1-3H3. The van der Waals surface area contributed by atoms with E-state index in [0.29, 0.717) is 18.4 Å². The number of aliphatic hydroxyl groups is 1. The van der Waals surface area contributed by atoms with Crippen LogP contribution in [-0.2, 0) is 4.74 Å². The Morgan fingerprint density at radius 1 is 1.42 bits per heavy atom. The van der Waals surface area contributed by atoms with E-state index in [9.17, 15) is 5.11 Å². The van der Waals surface area contributed by atoms with Crippen LogP contribution in [0.2, 0.25) is 0 Å². The lowest BCUT2D eigenvalue weighted by Crippen LogP contribution is -2.53. The second-order valence-corrected chi connectivity index (χ2v) is 4.17. The minimum atomic E-state index is 0.267. The van der Waals surface area contributed by atoms with Gasteiger partial charge >= 0.3 is 0 Å². The summed E-state index contributed by atoms with van der Waals surface area (Å²) in [4.78, 5) is 0. The second kappa shape index (κ2) is 3.75. The van der Waals surface area contributed by atoms with Crippen LogP contribution >= 0.6 is 0 Å². The molecule has 1 N–H and O–H groups in total. The average Bonchev–Trinajstić information content (AvgIpc) is 1.95. The Kier molecular flexibility index (Phi) is 3.13. The quantitative estimate of drug-likeness (QED) is 0.699. The van der Waals surface area contributed by atoms with Gasteiger partial charge in [0, 0.05) is 12.0 Å². The van der Waals surface area contributed by atoms with E-state index in [1.54, 1.807) is 0 Å². The third kappa shape index (κ3) is 1.38. The van der Waals surface area contributed by atoms with Gasteiger partial charge in [-0.1, -0.05) is 27.2 Å². The molecule has 1 unspecified atom stereocenters. The highest BCUT2D eigenvalue weighted by molar-refractivity contribution is 4.93. The number of hydrogen-bond donors (Lipinski definition) is 1. The molecule has 1 aliphatic heterocycles. The molecule has 2 nitrogen and oxygen atoms in total. The summed E-state index contributed by atoms with van der Waals surface area (Å²) in [5, 5.41) is 9.22. The highest BCUT2D eigenvalue weighted by Crippen LogP contribution is 2.43. The van der Waals surface area contributed by atoms with Crippen LogP contribution in [0.3, 0.4) is 0 Å². The van der Waals surface area contributed by atoms with Crippen LogP contribution in [0.1, 0.15) is 27.2 Å². The van der Waals surface area contributed by atoms with Crippen LogP contribution < -0.4 is 0 Å². The number of rotatable bonds is 4. The maximum atomic E-state index is 9.22. The second-order valence-electron chi connectivity index (χ2n) is 4.17. The molecular formula is C10H20O2. The molecule has 0 amide bonds. The molecule has 1 rings (SSSR count). The molecule has 0 aliphatic carbocycles. The van der Waals surface area contributed by atoms with Crippen molar-refractivity contribution in [1.29, 1.82) is 0 Å². The summed E-state index contributed by atoms with van der Waals surface area (Å²) in [5.74, 6) is 1.04. The highest BCUT2D eigenvalue weighted by atomic mass is 16.5. The zero-order chi connectivity index (χ0) is 9.19. The van der Waals surface area contributed by atoms with Crippen LogP contribution in [0.4, 0.5) is 0 Å². The topological polar surface area (TPSA) is 29.5 Å². The van der Waals surface area contributed by atoms with E-state index in [1.165, 1.54) is 0 Å². The van der Waals surface area contributed by atoms with Crippen molar-refractivity contribution >= 4 is 0 Å². The molecule has 2 heteroatoms. The van der Waals surface area contributed by atoms with Gasteiger partial charge in [-0.15, -0.1) is 0 Å². The summed E-state index contributed by atoms with van der Waals surface area (Å²) in [5.41, 5.74) is 0.267. The van der Waals surface area contributed by atoms with Gasteiger partial charge in [-0.05, 0) is 11.8 Å². The summed E-state index contributed by atoms with van der Waals surface area (Å²) in [6, 6.07) is 0. The zero-order valence-electron chi connectivity index (χ0n) is 8.34. The van der Waals surface area contributed by atoms with Crippen molar-refractivity contribution in [1.82, 2.24) is 0 Å². The van der Waals surface area contributed by atoms with Gasteiger partial charge in [0.25, 0.3) is 0 Å². The monoisotopic (exact) mass is 172 g/mol. The minimum absolute atomic E-state index is 0.267. The predicted octanol–water partition coefficient (Wildman–Crippen LogP) is 1.68. The van der Waals surface area contributed by atoms with E-state index in [4.69, 9.17) is 4.74 Å². The Morgan fingerprint density at radius 2 is 2.00 bits per heavy atom. The zero-order valence-corrected chi connectivity index (χ0v) is 8.34. The summed E-state index contributed by atoms with van der Waals surface area (Å²) in [7, 11) is 0. The lowest BCUT2D eigenvalue weighted by atomic mass is 9.65. The van der Waals surface area contributed by atoms with E-state index in [0.717, 1.165) is 19.6 Å². The molecule has 1 heterocycles. The molecule has 1 fully saturated rings. The Morgan fingerprint density at radius 3 is 2.08 bits per heavy atom. The molecule has 72 valence electrons. The van der Waals surface area contributed by atoms with Crippen LogP contribution in [0.15, 0.2) is 0 Å². The van der Waals surface area contributed by atoms with Gasteiger partial charge in [0.15, 0.2) is 0 Å². The van der Waals surface area contributed by atoms with Crippen molar-refractivity contribution in [2.45, 2.75) is 27.2 Å². The molecule has 1 atom stereocenters. The third-order valence-electron chi connectivity index (χ3n) is 3.42. The van der Waals surface area contributed by atoms with Crippen molar-refractivity contribution < 1.29 is 9.84 Å². The smallest absolute Gasteiger partial charge is 0.0550 e. The van der Waals surface area contributed by atoms with Gasteiger partial charge in [-0.2, -0.15) is 0 Å². The lowest BCUT2D eigenvalue weighted by molar-refractivity contribution is -0.179. The van der Waals surface area contributed by atoms with Crippen LogP contribution in [-0.4, -0.2) is 24.9 Å². The van der Waals surface area contributed by atoms with E-state index < -0.39 is 0 Å². The summed E-state index contributed by atoms with van der Waals surface area (Å²) in [6.45, 7) is 8.57. The first-order valence-electron chi connectivity index (χ1n) is 4.86. The van der Waals surface area contributed by atoms with Gasteiger partial charge in [0.1, 0.15) is 0 Å². The van der Waals surface area contributed by atoms with Crippen molar-refractivity contribution in [3.63, 3.8) is 0 Å². The van der Waals surface area contributed by atoms with Crippen molar-refractivity contribution in [3.05, 3.63) is 0 Å². The van der Waals surface area contributed by atoms with Crippen LogP contribution in [0, 0.1) is 17.3 Å². The largest absolute Gasteiger partial charge is 0.396 e. The molecular weight excluding hydrogens is 152 g/mol. The summed E-state index contributed by atoms with van der Waals surface area (Å²) >= 11 is 0. The van der Waals surface area contributed by atoms with Gasteiger partial charge in [-0.3, -0.25) is 0 Å². The average molecular weight is 172 g/mol. The van der Waals surface area contributed by atoms with E-state index in [1.807, 2.05) is 0 Å². The Bertz CT molecular complexity index is 135. The third-order valence-corrected chi connectivity index (χ3v) is 3.42. The van der Waals surface area contributed by atoms with Crippen LogP contribution in [0.25, 0.3) is 0 Å². The molecule has 0 saturated carbocycles. The first kappa shape index (κ1) is 10.0. The van der Waals surface area contributed by atoms with Crippen LogP contribution in [0.5, 0.6) is 0 Å². The fraction of sp³-hybridized carbons (Fsp3) is 1.00. The molecule has 0 aromatic heterocycles. The molecule has 12 heavy (non-hydrogen) atoms. The maximum absolute atomic E-state index is 9.22. The fourth-order valence-corrected chi connectivity index (χ4v) is 2.10. The summed E-state index contributed by atoms with van der Waals surface area (Å²) in [6.07, 6.45) is 1.05. The fourth-order valence-electron chi connectivity index (χ4n) is 2.10. The summed E-state index contributed by atoms with van der Waals surface area (Å²) < 4.78 is 5.27. The normalized spacial score (nSPS) is 23.8. The molecule has 0 spiro atoms. The Hall–Kier alpha value is -0.0800. The predicted molar refractivity (Wildman–Crippen MR) is 49.0 cm³/mol. The number of hydrogen-bond acceptors (Lipinski definition) is 2. The van der Waals surface area contributed by atoms with Gasteiger partial charge in [-0.25, -0.2) is 0 Å². The lowest BCUT2D eigenvalue weighted by Gasteiger charge is -2.49. The van der Waals surface area contributed by atoms with Gasteiger partial charge < -0.3 is 9.84 Å². The van der Waals surface area contributed by atoms with Crippen molar-refractivity contribution in [3.8, 4) is 0 Å².